The topological polar surface area (TPSA) is 69.7 Å². The quantitative estimate of drug-likeness (QED) is 0.560. The number of esters is 3. The maximum absolute atomic E-state index is 11.5. The Hall–Kier alpha value is -1.39. The molecule has 0 fully saturated rings. The van der Waals surface area contributed by atoms with Gasteiger partial charge >= 0.3 is 17.9 Å². The van der Waals surface area contributed by atoms with E-state index in [2.05, 4.69) is 4.74 Å². The van der Waals surface area contributed by atoms with Gasteiger partial charge in [0.2, 0.25) is 0 Å². The summed E-state index contributed by atoms with van der Waals surface area (Å²) in [7, 11) is 0. The predicted octanol–water partition coefficient (Wildman–Crippen LogP) is 2.08. The minimum absolute atomic E-state index is 0.518. The molecule has 18 heavy (non-hydrogen) atoms. The average Bonchev–Trinajstić information content (AvgIpc) is 2.14. The second-order valence-corrected chi connectivity index (χ2v) is 6.26. The third-order valence-corrected chi connectivity index (χ3v) is 2.03. The zero-order chi connectivity index (χ0) is 14.7. The maximum atomic E-state index is 11.5. The molecule has 0 amide bonds. The Balaban J connectivity index is 4.47. The summed E-state index contributed by atoms with van der Waals surface area (Å²) in [6.45, 7) is 11.3. The molecule has 1 atom stereocenters. The first-order valence-electron chi connectivity index (χ1n) is 5.83. The van der Waals surface area contributed by atoms with Crippen molar-refractivity contribution in [3.8, 4) is 0 Å². The highest BCUT2D eigenvalue weighted by Crippen LogP contribution is 2.18. The van der Waals surface area contributed by atoms with Crippen LogP contribution in [0, 0.1) is 10.8 Å². The van der Waals surface area contributed by atoms with Crippen LogP contribution in [0.2, 0.25) is 0 Å². The number of hydrogen-bond donors (Lipinski definition) is 0. The zero-order valence-electron chi connectivity index (χ0n) is 12.1. The number of carbonyl (C=O) groups excluding carboxylic acids is 3. The molecule has 0 aliphatic carbocycles. The molecule has 0 aromatic carbocycles. The number of ether oxygens (including phenoxy) is 2. The summed E-state index contributed by atoms with van der Waals surface area (Å²) in [5.41, 5.74) is -1.48. The van der Waals surface area contributed by atoms with Gasteiger partial charge in [0, 0.05) is 0 Å². The average molecular weight is 258 g/mol. The molecule has 0 bridgehead atoms. The first-order chi connectivity index (χ1) is 7.85. The molecular weight excluding hydrogens is 236 g/mol. The molecule has 0 unspecified atom stereocenters. The van der Waals surface area contributed by atoms with E-state index in [4.69, 9.17) is 4.74 Å². The number of carbonyl (C=O) groups is 3. The zero-order valence-corrected chi connectivity index (χ0v) is 12.1. The first-order valence-corrected chi connectivity index (χ1v) is 5.83. The van der Waals surface area contributed by atoms with Gasteiger partial charge in [-0.1, -0.05) is 0 Å². The van der Waals surface area contributed by atoms with Crippen LogP contribution in [0.5, 0.6) is 0 Å². The Morgan fingerprint density at radius 3 is 1.56 bits per heavy atom. The second kappa shape index (κ2) is 5.50. The van der Waals surface area contributed by atoms with Gasteiger partial charge in [-0.15, -0.1) is 0 Å². The van der Waals surface area contributed by atoms with Crippen molar-refractivity contribution in [1.82, 2.24) is 0 Å². The molecule has 0 aromatic heterocycles. The fraction of sp³-hybridized carbons (Fsp3) is 0.769. The van der Waals surface area contributed by atoms with Crippen LogP contribution < -0.4 is 0 Å². The third kappa shape index (κ3) is 5.29. The lowest BCUT2D eigenvalue weighted by molar-refractivity contribution is -0.179. The van der Waals surface area contributed by atoms with E-state index in [9.17, 15) is 14.4 Å². The van der Waals surface area contributed by atoms with Crippen molar-refractivity contribution < 1.29 is 23.9 Å². The Labute approximate surface area is 108 Å². The maximum Gasteiger partial charge on any atom is 0.354 e. The van der Waals surface area contributed by atoms with Crippen LogP contribution in [0.15, 0.2) is 0 Å². The second-order valence-electron chi connectivity index (χ2n) is 6.26. The van der Waals surface area contributed by atoms with Crippen molar-refractivity contribution in [2.24, 2.45) is 10.8 Å². The first kappa shape index (κ1) is 16.6. The smallest absolute Gasteiger partial charge is 0.354 e. The van der Waals surface area contributed by atoms with E-state index in [0.717, 1.165) is 0 Å². The summed E-state index contributed by atoms with van der Waals surface area (Å²) in [6.07, 6.45) is -1.09. The molecular formula is C13H22O5. The van der Waals surface area contributed by atoms with Crippen molar-refractivity contribution in [3.63, 3.8) is 0 Å². The molecule has 0 aromatic rings. The highest BCUT2D eigenvalue weighted by atomic mass is 16.6. The molecule has 0 radical (unpaired) electrons. The fourth-order valence-electron chi connectivity index (χ4n) is 0.713. The Bertz CT molecular complexity index is 343. The van der Waals surface area contributed by atoms with E-state index in [1.165, 1.54) is 6.92 Å². The largest absolute Gasteiger partial charge is 0.450 e. The van der Waals surface area contributed by atoms with Crippen molar-refractivity contribution in [2.45, 2.75) is 54.6 Å². The standard InChI is InChI=1S/C13H22O5/c1-8(17-10(15)12(2,3)4)9(14)18-11(16)13(5,6)7/h8H,1-7H3/t8-/m0/s1. The highest BCUT2D eigenvalue weighted by Gasteiger charge is 2.31. The van der Waals surface area contributed by atoms with Gasteiger partial charge in [0.25, 0.3) is 0 Å². The number of rotatable bonds is 2. The van der Waals surface area contributed by atoms with Crippen molar-refractivity contribution in [1.29, 1.82) is 0 Å². The lowest BCUT2D eigenvalue weighted by atomic mass is 9.97. The molecule has 0 saturated carbocycles. The van der Waals surface area contributed by atoms with E-state index < -0.39 is 34.8 Å². The van der Waals surface area contributed by atoms with Gasteiger partial charge in [0.05, 0.1) is 10.8 Å². The SMILES string of the molecule is C[C@H](OC(=O)C(C)(C)C)C(=O)OC(=O)C(C)(C)C. The monoisotopic (exact) mass is 258 g/mol. The molecule has 0 heterocycles. The highest BCUT2D eigenvalue weighted by molar-refractivity contribution is 5.91. The van der Waals surface area contributed by atoms with Crippen LogP contribution in [-0.4, -0.2) is 24.0 Å². The van der Waals surface area contributed by atoms with Gasteiger partial charge in [-0.05, 0) is 48.5 Å². The lowest BCUT2D eigenvalue weighted by Crippen LogP contribution is -2.35. The van der Waals surface area contributed by atoms with Gasteiger partial charge < -0.3 is 9.47 Å². The molecule has 104 valence electrons. The molecule has 0 saturated heterocycles. The molecule has 0 aliphatic heterocycles. The van der Waals surface area contributed by atoms with Crippen LogP contribution in [-0.2, 0) is 23.9 Å². The summed E-state index contributed by atoms with van der Waals surface area (Å²) in [5.74, 6) is -2.02. The van der Waals surface area contributed by atoms with Crippen LogP contribution in [0.25, 0.3) is 0 Å². The van der Waals surface area contributed by atoms with E-state index in [1.807, 2.05) is 0 Å². The Kier molecular flexibility index (Phi) is 5.08. The third-order valence-electron chi connectivity index (χ3n) is 2.03. The van der Waals surface area contributed by atoms with E-state index in [1.54, 1.807) is 41.5 Å². The van der Waals surface area contributed by atoms with Crippen molar-refractivity contribution in [2.75, 3.05) is 0 Å². The Morgan fingerprint density at radius 1 is 0.833 bits per heavy atom. The molecule has 0 spiro atoms. The van der Waals surface area contributed by atoms with Gasteiger partial charge in [-0.2, -0.15) is 0 Å². The van der Waals surface area contributed by atoms with Crippen molar-refractivity contribution >= 4 is 17.9 Å². The van der Waals surface area contributed by atoms with Crippen LogP contribution in [0.1, 0.15) is 48.5 Å². The van der Waals surface area contributed by atoms with Crippen LogP contribution >= 0.6 is 0 Å². The summed E-state index contributed by atoms with van der Waals surface area (Å²) >= 11 is 0. The summed E-state index contributed by atoms with van der Waals surface area (Å²) in [5, 5.41) is 0. The summed E-state index contributed by atoms with van der Waals surface area (Å²) < 4.78 is 9.56. The normalized spacial score (nSPS) is 13.7. The fourth-order valence-corrected chi connectivity index (χ4v) is 0.713. The predicted molar refractivity (Wildman–Crippen MR) is 65.6 cm³/mol. The van der Waals surface area contributed by atoms with Gasteiger partial charge in [-0.25, -0.2) is 4.79 Å². The molecule has 0 rings (SSSR count). The van der Waals surface area contributed by atoms with Gasteiger partial charge in [0.15, 0.2) is 6.10 Å². The van der Waals surface area contributed by atoms with E-state index >= 15 is 0 Å². The molecule has 5 heteroatoms. The minimum Gasteiger partial charge on any atom is -0.450 e. The van der Waals surface area contributed by atoms with Crippen molar-refractivity contribution in [3.05, 3.63) is 0 Å². The van der Waals surface area contributed by atoms with Gasteiger partial charge in [0.1, 0.15) is 0 Å². The van der Waals surface area contributed by atoms with Crippen LogP contribution in [0.3, 0.4) is 0 Å². The van der Waals surface area contributed by atoms with Gasteiger partial charge in [-0.3, -0.25) is 9.59 Å². The molecule has 0 N–H and O–H groups in total. The lowest BCUT2D eigenvalue weighted by Gasteiger charge is -2.21. The molecule has 0 aliphatic rings. The minimum atomic E-state index is -1.09. The van der Waals surface area contributed by atoms with E-state index in [0.29, 0.717) is 0 Å². The molecule has 5 nitrogen and oxygen atoms in total. The number of hydrogen-bond acceptors (Lipinski definition) is 5. The summed E-state index contributed by atoms with van der Waals surface area (Å²) in [4.78, 5) is 34.6. The van der Waals surface area contributed by atoms with E-state index in [-0.39, 0.29) is 0 Å². The summed E-state index contributed by atoms with van der Waals surface area (Å²) in [6, 6.07) is 0. The van der Waals surface area contributed by atoms with Crippen LogP contribution in [0.4, 0.5) is 0 Å². The Morgan fingerprint density at radius 2 is 1.22 bits per heavy atom.